The molecule has 0 aliphatic carbocycles. The SMILES string of the molecule is COc1[nH]c(C)c(SC(F)(Cl)Cl)c1C#N. The van der Waals surface area contributed by atoms with Gasteiger partial charge in [-0.1, -0.05) is 23.2 Å². The lowest BCUT2D eigenvalue weighted by Gasteiger charge is -2.07. The molecule has 1 aromatic rings. The summed E-state index contributed by atoms with van der Waals surface area (Å²) >= 11 is 11.0. The van der Waals surface area contributed by atoms with E-state index >= 15 is 0 Å². The standard InChI is InChI=1S/C8H7Cl2FN2OS/c1-4-6(15-8(9,10)11)5(3-12)7(13-4)14-2/h13H,1-2H3. The number of H-pyrrole nitrogens is 1. The molecule has 0 saturated carbocycles. The fourth-order valence-electron chi connectivity index (χ4n) is 1.08. The highest BCUT2D eigenvalue weighted by Gasteiger charge is 2.29. The van der Waals surface area contributed by atoms with Gasteiger partial charge in [0.15, 0.2) is 0 Å². The van der Waals surface area contributed by atoms with Gasteiger partial charge in [-0.2, -0.15) is 9.65 Å². The first-order valence-electron chi connectivity index (χ1n) is 3.81. The Bertz CT molecular complexity index is 408. The van der Waals surface area contributed by atoms with E-state index in [1.807, 2.05) is 6.07 Å². The lowest BCUT2D eigenvalue weighted by molar-refractivity contribution is 0.398. The first kappa shape index (κ1) is 12.5. The maximum absolute atomic E-state index is 13.0. The second kappa shape index (κ2) is 4.52. The Morgan fingerprint density at radius 1 is 1.60 bits per heavy atom. The number of alkyl halides is 3. The number of ether oxygens (including phenoxy) is 1. The minimum Gasteiger partial charge on any atom is -0.481 e. The molecule has 0 aliphatic rings. The molecule has 7 heteroatoms. The first-order chi connectivity index (χ1) is 6.89. The van der Waals surface area contributed by atoms with E-state index in [-0.39, 0.29) is 11.4 Å². The Balaban J connectivity index is 3.18. The maximum Gasteiger partial charge on any atom is 0.309 e. The molecule has 0 bridgehead atoms. The van der Waals surface area contributed by atoms with Crippen LogP contribution in [0, 0.1) is 18.3 Å². The third-order valence-corrected chi connectivity index (χ3v) is 3.04. The van der Waals surface area contributed by atoms with Gasteiger partial charge in [-0.3, -0.25) is 0 Å². The van der Waals surface area contributed by atoms with Gasteiger partial charge in [0.05, 0.1) is 12.0 Å². The molecule has 3 nitrogen and oxygen atoms in total. The van der Waals surface area contributed by atoms with Crippen molar-refractivity contribution in [2.75, 3.05) is 7.11 Å². The van der Waals surface area contributed by atoms with Crippen molar-refractivity contribution in [1.82, 2.24) is 4.98 Å². The fourth-order valence-corrected chi connectivity index (χ4v) is 2.22. The zero-order valence-electron chi connectivity index (χ0n) is 7.90. The van der Waals surface area contributed by atoms with E-state index in [1.54, 1.807) is 6.92 Å². The van der Waals surface area contributed by atoms with Gasteiger partial charge in [0.2, 0.25) is 5.88 Å². The highest BCUT2D eigenvalue weighted by Crippen LogP contribution is 2.45. The lowest BCUT2D eigenvalue weighted by Crippen LogP contribution is -1.96. The number of aryl methyl sites for hydroxylation is 1. The van der Waals surface area contributed by atoms with Crippen molar-refractivity contribution in [1.29, 1.82) is 5.26 Å². The molecule has 0 saturated heterocycles. The Morgan fingerprint density at radius 3 is 2.60 bits per heavy atom. The van der Waals surface area contributed by atoms with Crippen molar-refractivity contribution in [3.05, 3.63) is 11.3 Å². The molecule has 0 aliphatic heterocycles. The van der Waals surface area contributed by atoms with Crippen molar-refractivity contribution in [2.45, 2.75) is 15.7 Å². The Hall–Kier alpha value is -0.570. The average molecular weight is 269 g/mol. The van der Waals surface area contributed by atoms with Gasteiger partial charge in [0.25, 0.3) is 0 Å². The molecule has 0 amide bonds. The van der Waals surface area contributed by atoms with Crippen LogP contribution in [0.5, 0.6) is 5.88 Å². The van der Waals surface area contributed by atoms with Gasteiger partial charge >= 0.3 is 3.92 Å². The summed E-state index contributed by atoms with van der Waals surface area (Å²) < 4.78 is 15.5. The predicted molar refractivity (Wildman–Crippen MR) is 58.2 cm³/mol. The van der Waals surface area contributed by atoms with Crippen molar-refractivity contribution in [3.8, 4) is 11.9 Å². The van der Waals surface area contributed by atoms with E-state index in [2.05, 4.69) is 4.98 Å². The van der Waals surface area contributed by atoms with Crippen molar-refractivity contribution in [3.63, 3.8) is 0 Å². The topological polar surface area (TPSA) is 48.8 Å². The normalized spacial score (nSPS) is 11.2. The van der Waals surface area contributed by atoms with Gasteiger partial charge in [0, 0.05) is 5.69 Å². The zero-order chi connectivity index (χ0) is 11.6. The predicted octanol–water partition coefficient (Wildman–Crippen LogP) is 3.35. The number of nitriles is 1. The number of aromatic amines is 1. The Kier molecular flexibility index (Phi) is 3.77. The number of hydrogen-bond donors (Lipinski definition) is 1. The van der Waals surface area contributed by atoms with Gasteiger partial charge in [0.1, 0.15) is 11.6 Å². The Labute approximate surface area is 101 Å². The van der Waals surface area contributed by atoms with Crippen LogP contribution in [0.15, 0.2) is 4.90 Å². The molecule has 82 valence electrons. The highest BCUT2D eigenvalue weighted by atomic mass is 35.5. The van der Waals surface area contributed by atoms with Crippen LogP contribution in [-0.4, -0.2) is 16.0 Å². The van der Waals surface area contributed by atoms with Crippen molar-refractivity contribution < 1.29 is 9.13 Å². The first-order valence-corrected chi connectivity index (χ1v) is 5.38. The number of aromatic nitrogens is 1. The van der Waals surface area contributed by atoms with E-state index in [0.717, 1.165) is 0 Å². The third-order valence-electron chi connectivity index (χ3n) is 1.63. The number of nitrogens with zero attached hydrogens (tertiary/aromatic N) is 1. The molecule has 1 N–H and O–H groups in total. The summed E-state index contributed by atoms with van der Waals surface area (Å²) in [5.74, 6) is 0.273. The minimum atomic E-state index is -2.47. The molecular formula is C8H7Cl2FN2OS. The molecule has 0 radical (unpaired) electrons. The molecule has 1 heterocycles. The van der Waals surface area contributed by atoms with Gasteiger partial charge in [-0.05, 0) is 18.7 Å². The van der Waals surface area contributed by atoms with E-state index in [4.69, 9.17) is 33.2 Å². The minimum absolute atomic E-state index is 0.198. The number of thioether (sulfide) groups is 1. The number of nitrogens with one attached hydrogen (secondary N) is 1. The van der Waals surface area contributed by atoms with Crippen LogP contribution >= 0.6 is 35.0 Å². The zero-order valence-corrected chi connectivity index (χ0v) is 10.2. The summed E-state index contributed by atoms with van der Waals surface area (Å²) in [5, 5.41) is 8.87. The molecular weight excluding hydrogens is 262 g/mol. The molecule has 15 heavy (non-hydrogen) atoms. The van der Waals surface area contributed by atoms with Gasteiger partial charge in [-0.25, -0.2) is 0 Å². The summed E-state index contributed by atoms with van der Waals surface area (Å²) in [4.78, 5) is 3.14. The van der Waals surface area contributed by atoms with Crippen LogP contribution < -0.4 is 4.74 Å². The van der Waals surface area contributed by atoms with E-state index in [1.165, 1.54) is 7.11 Å². The second-order valence-electron chi connectivity index (χ2n) is 2.65. The monoisotopic (exact) mass is 268 g/mol. The summed E-state index contributed by atoms with van der Waals surface area (Å²) in [6, 6.07) is 1.90. The lowest BCUT2D eigenvalue weighted by atomic mass is 10.3. The Morgan fingerprint density at radius 2 is 2.20 bits per heavy atom. The van der Waals surface area contributed by atoms with Crippen LogP contribution in [-0.2, 0) is 0 Å². The molecule has 0 fully saturated rings. The summed E-state index contributed by atoms with van der Waals surface area (Å²) in [6.45, 7) is 1.67. The molecule has 1 rings (SSSR count). The second-order valence-corrected chi connectivity index (χ2v) is 5.51. The van der Waals surface area contributed by atoms with E-state index in [9.17, 15) is 4.39 Å². The van der Waals surface area contributed by atoms with Crippen LogP contribution in [0.4, 0.5) is 4.39 Å². The molecule has 0 spiro atoms. The average Bonchev–Trinajstić information content (AvgIpc) is 2.40. The number of halogens is 3. The number of rotatable bonds is 3. The molecule has 0 aromatic carbocycles. The van der Waals surface area contributed by atoms with Crippen molar-refractivity contribution >= 4 is 35.0 Å². The van der Waals surface area contributed by atoms with Crippen LogP contribution in [0.1, 0.15) is 11.3 Å². The van der Waals surface area contributed by atoms with Crippen LogP contribution in [0.25, 0.3) is 0 Å². The van der Waals surface area contributed by atoms with E-state index in [0.29, 0.717) is 22.4 Å². The maximum atomic E-state index is 13.0. The number of methoxy groups -OCH3 is 1. The fraction of sp³-hybridized carbons (Fsp3) is 0.375. The summed E-state index contributed by atoms with van der Waals surface area (Å²) in [7, 11) is 1.41. The summed E-state index contributed by atoms with van der Waals surface area (Å²) in [5.41, 5.74) is 0.778. The number of hydrogen-bond acceptors (Lipinski definition) is 3. The van der Waals surface area contributed by atoms with Crippen molar-refractivity contribution in [2.24, 2.45) is 0 Å². The third kappa shape index (κ3) is 2.94. The largest absolute Gasteiger partial charge is 0.481 e. The highest BCUT2D eigenvalue weighted by molar-refractivity contribution is 8.03. The summed E-state index contributed by atoms with van der Waals surface area (Å²) in [6.07, 6.45) is 0. The molecule has 0 unspecified atom stereocenters. The van der Waals surface area contributed by atoms with Gasteiger partial charge < -0.3 is 9.72 Å². The van der Waals surface area contributed by atoms with Crippen LogP contribution in [0.3, 0.4) is 0 Å². The van der Waals surface area contributed by atoms with E-state index < -0.39 is 3.92 Å². The smallest absolute Gasteiger partial charge is 0.309 e. The quantitative estimate of drug-likeness (QED) is 0.676. The molecule has 1 aromatic heterocycles. The van der Waals surface area contributed by atoms with Gasteiger partial charge in [-0.15, -0.1) is 0 Å². The molecule has 0 atom stereocenters. The van der Waals surface area contributed by atoms with Crippen LogP contribution in [0.2, 0.25) is 0 Å².